The average molecular weight is 335 g/mol. The van der Waals surface area contributed by atoms with Crippen molar-refractivity contribution in [2.24, 2.45) is 0 Å². The quantitative estimate of drug-likeness (QED) is 0.539. The molecule has 10 aliphatic rings. The molecule has 9 unspecified atom stereocenters. The standard InChI is InChI=1S/C9H11O.C5H4Br.Fe/c1-3-8-5-4-6-9(8)7(2)10;6-5-3-1-2-4-5;/h4-6H,3H2,1-2H3;1-4H;. The molecule has 10 aliphatic heterocycles. The van der Waals surface area contributed by atoms with Crippen LogP contribution in [0.5, 0.6) is 0 Å². The van der Waals surface area contributed by atoms with Crippen LogP contribution < -0.4 is 0 Å². The molecule has 10 saturated heterocycles. The van der Waals surface area contributed by atoms with E-state index in [0.29, 0.717) is 13.3 Å². The van der Waals surface area contributed by atoms with Gasteiger partial charge in [0.2, 0.25) is 0 Å². The second-order valence-corrected chi connectivity index (χ2v) is 35.8. The van der Waals surface area contributed by atoms with Gasteiger partial charge in [-0.15, -0.1) is 0 Å². The second-order valence-electron chi connectivity index (χ2n) is 10.8. The third kappa shape index (κ3) is 0.0575. The molecule has 0 radical (unpaired) electrons. The van der Waals surface area contributed by atoms with E-state index < -0.39 is 6.51 Å². The SMILES string of the molecule is CC[C]12[CH]3[CH]4[CH]5[C]1(C(C)=O)[Fe]43521678[CH]2[CH]1[CH]6[C]7(Br)[CH]28. The molecule has 17 heavy (non-hydrogen) atoms. The molecule has 0 N–H and O–H groups in total. The van der Waals surface area contributed by atoms with Gasteiger partial charge < -0.3 is 0 Å². The van der Waals surface area contributed by atoms with Gasteiger partial charge in [0.15, 0.2) is 0 Å². The first-order valence-corrected chi connectivity index (χ1v) is 14.1. The van der Waals surface area contributed by atoms with Crippen LogP contribution in [0.4, 0.5) is 0 Å². The molecular weight excluding hydrogens is 320 g/mol. The predicted molar refractivity (Wildman–Crippen MR) is 64.3 cm³/mol. The molecule has 10 rings (SSSR count). The first kappa shape index (κ1) is 6.90. The number of halogens is 1. The van der Waals surface area contributed by atoms with Crippen LogP contribution in [0.3, 0.4) is 0 Å². The van der Waals surface area contributed by atoms with Crippen LogP contribution in [0.25, 0.3) is 0 Å². The molecule has 9 atom stereocenters. The number of hydrogen-bond acceptors (Lipinski definition) is 1. The molecule has 0 bridgehead atoms. The van der Waals surface area contributed by atoms with Crippen LogP contribution in [0.15, 0.2) is 0 Å². The molecule has 1 nitrogen and oxygen atoms in total. The number of alkyl halides is 1. The number of rotatable bonds is 2. The Morgan fingerprint density at radius 3 is 2.00 bits per heavy atom. The molecular formula is C14H15BrFeO. The number of hydrogen-bond donors (Lipinski definition) is 0. The molecule has 0 amide bonds. The molecule has 0 aromatic carbocycles. The Balaban J connectivity index is 1.82. The molecule has 3 heteroatoms. The Bertz CT molecular complexity index is 1130. The van der Waals surface area contributed by atoms with E-state index in [2.05, 4.69) is 22.9 Å². The van der Waals surface area contributed by atoms with Gasteiger partial charge >= 0.3 is 98.8 Å². The van der Waals surface area contributed by atoms with Gasteiger partial charge in [0.05, 0.1) is 0 Å². The van der Waals surface area contributed by atoms with E-state index in [9.17, 15) is 4.79 Å². The zero-order valence-electron chi connectivity index (χ0n) is 9.89. The second kappa shape index (κ2) is 0.521. The molecule has 10 heterocycles. The van der Waals surface area contributed by atoms with E-state index in [1.165, 1.54) is 25.7 Å². The van der Waals surface area contributed by atoms with Crippen molar-refractivity contribution in [2.75, 3.05) is 0 Å². The summed E-state index contributed by atoms with van der Waals surface area (Å²) in [4.78, 5) is 21.0. The van der Waals surface area contributed by atoms with Crippen molar-refractivity contribution in [3.05, 3.63) is 0 Å². The van der Waals surface area contributed by atoms with E-state index in [1.807, 2.05) is 6.92 Å². The molecule has 10 fully saturated rings. The number of carbonyl (C=O) groups excluding carboxylic acids is 1. The minimum absolute atomic E-state index is 0.416. The van der Waals surface area contributed by atoms with Crippen LogP contribution in [0.2, 0.25) is 42.3 Å². The average Bonchev–Trinajstić information content (AvgIpc) is 3.21. The van der Waals surface area contributed by atoms with Gasteiger partial charge in [-0.2, -0.15) is 0 Å². The van der Waals surface area contributed by atoms with Crippen molar-refractivity contribution >= 4 is 21.7 Å². The van der Waals surface area contributed by atoms with Gasteiger partial charge in [0.1, 0.15) is 0 Å². The Morgan fingerprint density at radius 2 is 1.82 bits per heavy atom. The maximum absolute atomic E-state index is 12.7. The number of carbonyl (C=O) groups is 1. The van der Waals surface area contributed by atoms with Gasteiger partial charge in [-0.25, -0.2) is 0 Å². The van der Waals surface area contributed by atoms with Crippen LogP contribution in [-0.4, -0.2) is 9.01 Å². The Labute approximate surface area is 98.5 Å². The molecule has 0 aromatic heterocycles. The summed E-state index contributed by atoms with van der Waals surface area (Å²) in [6.07, 6.45) is 1.39. The third-order valence-electron chi connectivity index (χ3n) is 16.2. The van der Waals surface area contributed by atoms with Crippen LogP contribution in [0, 0.1) is 0 Å². The van der Waals surface area contributed by atoms with Crippen molar-refractivity contribution in [3.63, 3.8) is 0 Å². The van der Waals surface area contributed by atoms with Gasteiger partial charge in [-0.3, -0.25) is 0 Å². The summed E-state index contributed by atoms with van der Waals surface area (Å²) in [6.45, 7) is 1.03. The Morgan fingerprint density at radius 1 is 1.18 bits per heavy atom. The summed E-state index contributed by atoms with van der Waals surface area (Å²) in [6, 6.07) is 0. The van der Waals surface area contributed by atoms with E-state index in [-0.39, 0.29) is 0 Å². The summed E-state index contributed by atoms with van der Waals surface area (Å²) in [7, 11) is 0. The first-order chi connectivity index (χ1) is 7.83. The van der Waals surface area contributed by atoms with Gasteiger partial charge in [0, 0.05) is 0 Å². The fourth-order valence-electron chi connectivity index (χ4n) is 19.1. The zero-order chi connectivity index (χ0) is 11.1. The van der Waals surface area contributed by atoms with Crippen molar-refractivity contribution in [1.82, 2.24) is 0 Å². The van der Waals surface area contributed by atoms with Crippen molar-refractivity contribution in [3.8, 4) is 0 Å². The van der Waals surface area contributed by atoms with Crippen LogP contribution >= 0.6 is 15.9 Å². The maximum atomic E-state index is 12.7. The van der Waals surface area contributed by atoms with Gasteiger partial charge in [-0.05, 0) is 0 Å². The first-order valence-electron chi connectivity index (χ1n) is 7.23. The Kier molecular flexibility index (Phi) is 0.211. The van der Waals surface area contributed by atoms with E-state index >= 15 is 0 Å². The minimum atomic E-state index is -3.41. The predicted octanol–water partition coefficient (Wildman–Crippen LogP) is 4.42. The zero-order valence-corrected chi connectivity index (χ0v) is 12.6. The summed E-state index contributed by atoms with van der Waals surface area (Å²) in [5, 5.41) is 0. The monoisotopic (exact) mass is 334 g/mol. The van der Waals surface area contributed by atoms with E-state index in [0.717, 1.165) is 18.8 Å². The molecule has 92 valence electrons. The number of Topliss-reactive ketones (excluding diaryl/α,β-unsaturated/α-hetero) is 1. The number of fused-ring (bicyclic) bond motifs is 10. The molecule has 0 saturated carbocycles. The topological polar surface area (TPSA) is 17.1 Å². The summed E-state index contributed by atoms with van der Waals surface area (Å²) in [5.41, 5.74) is 0. The fraction of sp³-hybridized carbons (Fsp3) is 0.929. The van der Waals surface area contributed by atoms with Gasteiger partial charge in [0.25, 0.3) is 0 Å². The molecule has 0 aromatic rings. The Hall–Kier alpha value is 0.669. The summed E-state index contributed by atoms with van der Waals surface area (Å²) in [5.74, 6) is 0.694. The third-order valence-corrected chi connectivity index (χ3v) is 67.2. The van der Waals surface area contributed by atoms with Crippen molar-refractivity contribution < 1.29 is 11.3 Å². The molecule has 0 aliphatic carbocycles. The normalized spacial score (nSPS) is 128. The van der Waals surface area contributed by atoms with Crippen molar-refractivity contribution in [1.29, 1.82) is 0 Å². The fourth-order valence-corrected chi connectivity index (χ4v) is 110. The summed E-state index contributed by atoms with van der Waals surface area (Å²) < 4.78 is 1.83. The molecule has 1 spiro atoms. The van der Waals surface area contributed by atoms with Crippen molar-refractivity contribution in [2.45, 2.75) is 65.8 Å². The summed E-state index contributed by atoms with van der Waals surface area (Å²) >= 11 is 4.36. The van der Waals surface area contributed by atoms with Crippen LogP contribution in [0.1, 0.15) is 20.3 Å². The van der Waals surface area contributed by atoms with Gasteiger partial charge in [-0.1, -0.05) is 0 Å². The van der Waals surface area contributed by atoms with E-state index in [1.54, 1.807) is 0 Å². The van der Waals surface area contributed by atoms with E-state index in [4.69, 9.17) is 0 Å². The number of ketones is 1. The van der Waals surface area contributed by atoms with Crippen LogP contribution in [-0.2, 0) is 11.3 Å².